The third-order valence-corrected chi connectivity index (χ3v) is 3.72. The van der Waals surface area contributed by atoms with Gasteiger partial charge in [0.05, 0.1) is 5.69 Å². The number of hydrogen-bond acceptors (Lipinski definition) is 6. The number of pyridine rings is 1. The van der Waals surface area contributed by atoms with E-state index in [2.05, 4.69) is 30.6 Å². The van der Waals surface area contributed by atoms with Crippen LogP contribution in [0.3, 0.4) is 0 Å². The first kappa shape index (κ1) is 16.1. The minimum Gasteiger partial charge on any atom is -0.344 e. The molecule has 0 aliphatic carbocycles. The number of aryl methyl sites for hydroxylation is 2. The van der Waals surface area contributed by atoms with Gasteiger partial charge < -0.3 is 9.84 Å². The van der Waals surface area contributed by atoms with Crippen LogP contribution >= 0.6 is 11.6 Å². The van der Waals surface area contributed by atoms with E-state index in [1.54, 1.807) is 25.3 Å². The van der Waals surface area contributed by atoms with Crippen molar-refractivity contribution >= 4 is 23.3 Å². The first-order valence-corrected chi connectivity index (χ1v) is 7.66. The van der Waals surface area contributed by atoms with Gasteiger partial charge in [0.15, 0.2) is 5.82 Å². The fourth-order valence-corrected chi connectivity index (χ4v) is 2.46. The fraction of sp³-hybridized carbons (Fsp3) is 0.267. The predicted molar refractivity (Wildman–Crippen MR) is 87.6 cm³/mol. The Labute approximate surface area is 142 Å². The summed E-state index contributed by atoms with van der Waals surface area (Å²) in [5.74, 6) is 1.53. The van der Waals surface area contributed by atoms with E-state index in [0.717, 1.165) is 11.1 Å². The van der Waals surface area contributed by atoms with Gasteiger partial charge in [-0.25, -0.2) is 9.97 Å². The lowest BCUT2D eigenvalue weighted by Gasteiger charge is -2.05. The summed E-state index contributed by atoms with van der Waals surface area (Å²) in [5.41, 5.74) is 2.19. The van der Waals surface area contributed by atoms with E-state index in [1.165, 1.54) is 0 Å². The van der Waals surface area contributed by atoms with Crippen LogP contribution < -0.4 is 5.32 Å². The molecule has 124 valence electrons. The molecule has 0 saturated heterocycles. The van der Waals surface area contributed by atoms with Crippen LogP contribution in [0.4, 0.5) is 5.82 Å². The molecule has 0 saturated carbocycles. The number of halogens is 1. The average Bonchev–Trinajstić information content (AvgIpc) is 3.12. The highest BCUT2D eigenvalue weighted by Crippen LogP contribution is 2.21. The Hall–Kier alpha value is -2.74. The minimum atomic E-state index is -0.178. The molecule has 0 fully saturated rings. The number of hydrogen-bond donors (Lipinski definition) is 2. The molecule has 8 nitrogen and oxygen atoms in total. The van der Waals surface area contributed by atoms with E-state index in [4.69, 9.17) is 16.1 Å². The average molecular weight is 347 g/mol. The first-order chi connectivity index (χ1) is 11.5. The molecule has 24 heavy (non-hydrogen) atoms. The van der Waals surface area contributed by atoms with E-state index in [-0.39, 0.29) is 17.5 Å². The van der Waals surface area contributed by atoms with Gasteiger partial charge in [0.2, 0.25) is 11.1 Å². The highest BCUT2D eigenvalue weighted by Gasteiger charge is 2.13. The van der Waals surface area contributed by atoms with Crippen molar-refractivity contribution in [3.8, 4) is 11.4 Å². The highest BCUT2D eigenvalue weighted by atomic mass is 35.5. The molecule has 0 radical (unpaired) electrons. The molecule has 3 aromatic rings. The van der Waals surface area contributed by atoms with Crippen LogP contribution in [0.1, 0.15) is 23.5 Å². The van der Waals surface area contributed by atoms with Crippen LogP contribution in [-0.2, 0) is 11.2 Å². The Kier molecular flexibility index (Phi) is 4.57. The van der Waals surface area contributed by atoms with Gasteiger partial charge >= 0.3 is 0 Å². The summed E-state index contributed by atoms with van der Waals surface area (Å²) in [7, 11) is 0. The number of nitrogens with one attached hydrogen (secondary N) is 2. The second-order valence-corrected chi connectivity index (χ2v) is 5.59. The fourth-order valence-electron chi connectivity index (χ4n) is 2.19. The molecule has 1 amide bonds. The molecule has 3 aromatic heterocycles. The lowest BCUT2D eigenvalue weighted by molar-refractivity contribution is -0.116. The number of anilines is 1. The molecule has 0 spiro atoms. The van der Waals surface area contributed by atoms with Crippen LogP contribution in [0, 0.1) is 13.8 Å². The Morgan fingerprint density at radius 2 is 2.25 bits per heavy atom. The maximum Gasteiger partial charge on any atom is 0.229 e. The highest BCUT2D eigenvalue weighted by molar-refractivity contribution is 6.29. The van der Waals surface area contributed by atoms with Crippen molar-refractivity contribution in [2.24, 2.45) is 0 Å². The van der Waals surface area contributed by atoms with Gasteiger partial charge in [-0.3, -0.25) is 9.89 Å². The summed E-state index contributed by atoms with van der Waals surface area (Å²) in [6.45, 7) is 3.60. The topological polar surface area (TPSA) is 110 Å². The van der Waals surface area contributed by atoms with Crippen molar-refractivity contribution < 1.29 is 9.32 Å². The summed E-state index contributed by atoms with van der Waals surface area (Å²) < 4.78 is 4.87. The molecule has 0 unspecified atom stereocenters. The zero-order valence-corrected chi connectivity index (χ0v) is 13.9. The smallest absolute Gasteiger partial charge is 0.229 e. The Bertz CT molecular complexity index is 853. The Morgan fingerprint density at radius 3 is 2.92 bits per heavy atom. The number of carbonyl (C=O) groups is 1. The number of aromatic amines is 1. The first-order valence-electron chi connectivity index (χ1n) is 7.29. The summed E-state index contributed by atoms with van der Waals surface area (Å²) >= 11 is 5.89. The monoisotopic (exact) mass is 346 g/mol. The van der Waals surface area contributed by atoms with Gasteiger partial charge in [0.25, 0.3) is 0 Å². The number of amides is 1. The number of rotatable bonds is 5. The van der Waals surface area contributed by atoms with E-state index in [0.29, 0.717) is 29.6 Å². The quantitative estimate of drug-likeness (QED) is 0.735. The Balaban J connectivity index is 1.64. The van der Waals surface area contributed by atoms with E-state index in [1.807, 2.05) is 6.92 Å². The van der Waals surface area contributed by atoms with Crippen molar-refractivity contribution in [1.82, 2.24) is 25.3 Å². The third kappa shape index (κ3) is 3.60. The zero-order chi connectivity index (χ0) is 17.1. The van der Waals surface area contributed by atoms with Crippen molar-refractivity contribution in [2.75, 3.05) is 5.32 Å². The van der Waals surface area contributed by atoms with Crippen LogP contribution in [0.15, 0.2) is 22.9 Å². The molecular weight excluding hydrogens is 332 g/mol. The third-order valence-electron chi connectivity index (χ3n) is 3.42. The molecule has 3 heterocycles. The number of H-pyrrole nitrogens is 1. The predicted octanol–water partition coefficient (Wildman–Crippen LogP) is 2.70. The number of aromatic nitrogens is 5. The molecule has 0 atom stereocenters. The summed E-state index contributed by atoms with van der Waals surface area (Å²) in [6, 6.07) is 3.50. The second kappa shape index (κ2) is 6.79. The molecule has 2 N–H and O–H groups in total. The lowest BCUT2D eigenvalue weighted by Crippen LogP contribution is -2.13. The maximum absolute atomic E-state index is 12.1. The Morgan fingerprint density at radius 1 is 1.42 bits per heavy atom. The zero-order valence-electron chi connectivity index (χ0n) is 13.1. The number of carbonyl (C=O) groups excluding carboxylic acids is 1. The van der Waals surface area contributed by atoms with Gasteiger partial charge in [0, 0.05) is 23.7 Å². The molecule has 0 aromatic carbocycles. The van der Waals surface area contributed by atoms with Crippen LogP contribution in [0.5, 0.6) is 0 Å². The summed E-state index contributed by atoms with van der Waals surface area (Å²) in [6.07, 6.45) is 2.28. The maximum atomic E-state index is 12.1. The molecule has 0 aliphatic heterocycles. The van der Waals surface area contributed by atoms with Crippen molar-refractivity contribution in [3.05, 3.63) is 40.6 Å². The largest absolute Gasteiger partial charge is 0.344 e. The summed E-state index contributed by atoms with van der Waals surface area (Å²) in [4.78, 5) is 20.5. The normalized spacial score (nSPS) is 10.8. The molecule has 9 heteroatoms. The van der Waals surface area contributed by atoms with E-state index in [9.17, 15) is 4.79 Å². The minimum absolute atomic E-state index is 0.178. The number of nitrogens with zero attached hydrogens (tertiary/aromatic N) is 4. The molecule has 3 rings (SSSR count). The van der Waals surface area contributed by atoms with Gasteiger partial charge in [-0.05, 0) is 44.0 Å². The van der Waals surface area contributed by atoms with Crippen molar-refractivity contribution in [1.29, 1.82) is 0 Å². The van der Waals surface area contributed by atoms with E-state index < -0.39 is 0 Å². The van der Waals surface area contributed by atoms with Crippen LogP contribution in [-0.4, -0.2) is 31.2 Å². The van der Waals surface area contributed by atoms with Gasteiger partial charge in [-0.2, -0.15) is 5.10 Å². The van der Waals surface area contributed by atoms with Crippen LogP contribution in [0.25, 0.3) is 11.4 Å². The SMILES string of the molecule is Cc1nc(-c2ccnc(NC(=O)CCc3c(C)noc3Cl)c2)n[nH]1. The lowest BCUT2D eigenvalue weighted by atomic mass is 10.1. The van der Waals surface area contributed by atoms with Crippen LogP contribution in [0.2, 0.25) is 5.22 Å². The molecule has 0 bridgehead atoms. The standard InChI is InChI=1S/C15H15ClN6O2/c1-8-11(14(16)24-22-8)3-4-13(23)19-12-7-10(5-6-17-12)15-18-9(2)20-21-15/h5-7H,3-4H2,1-2H3,(H,17,19,23)(H,18,20,21). The van der Waals surface area contributed by atoms with Gasteiger partial charge in [-0.15, -0.1) is 0 Å². The molecule has 0 aliphatic rings. The van der Waals surface area contributed by atoms with Gasteiger partial charge in [0.1, 0.15) is 11.6 Å². The second-order valence-electron chi connectivity index (χ2n) is 5.24. The van der Waals surface area contributed by atoms with Gasteiger partial charge in [-0.1, -0.05) is 5.16 Å². The van der Waals surface area contributed by atoms with Crippen molar-refractivity contribution in [2.45, 2.75) is 26.7 Å². The van der Waals surface area contributed by atoms with Crippen molar-refractivity contribution in [3.63, 3.8) is 0 Å². The van der Waals surface area contributed by atoms with E-state index >= 15 is 0 Å². The molecular formula is C15H15ClN6O2. The summed E-state index contributed by atoms with van der Waals surface area (Å²) in [5, 5.41) is 13.6.